The van der Waals surface area contributed by atoms with Crippen molar-refractivity contribution in [3.05, 3.63) is 65.7 Å². The summed E-state index contributed by atoms with van der Waals surface area (Å²) in [5.74, 6) is -2.19. The van der Waals surface area contributed by atoms with E-state index in [0.717, 1.165) is 0 Å². The molecule has 1 atom stereocenters. The van der Waals surface area contributed by atoms with Crippen LogP contribution in [0.5, 0.6) is 0 Å². The fraction of sp³-hybridized carbons (Fsp3) is 0.133. The van der Waals surface area contributed by atoms with Crippen LogP contribution in [0, 0.1) is 5.82 Å². The van der Waals surface area contributed by atoms with Crippen LogP contribution in [0.1, 0.15) is 28.4 Å². The summed E-state index contributed by atoms with van der Waals surface area (Å²) < 4.78 is 13.8. The lowest BCUT2D eigenvalue weighted by Crippen LogP contribution is -2.30. The number of carbonyl (C=O) groups excluding carboxylic acids is 1. The molecule has 1 aromatic heterocycles. The van der Waals surface area contributed by atoms with Crippen molar-refractivity contribution >= 4 is 11.9 Å². The van der Waals surface area contributed by atoms with Crippen LogP contribution >= 0.6 is 0 Å². The molecular formula is C15H13FN2O3. The van der Waals surface area contributed by atoms with Crippen molar-refractivity contribution in [2.24, 2.45) is 0 Å². The van der Waals surface area contributed by atoms with Crippen LogP contribution in [0.2, 0.25) is 0 Å². The van der Waals surface area contributed by atoms with E-state index >= 15 is 0 Å². The maximum atomic E-state index is 13.8. The molecule has 6 heteroatoms. The molecule has 2 N–H and O–H groups in total. The van der Waals surface area contributed by atoms with Gasteiger partial charge in [0.25, 0.3) is 5.91 Å². The van der Waals surface area contributed by atoms with Crippen molar-refractivity contribution in [3.8, 4) is 0 Å². The van der Waals surface area contributed by atoms with Crippen LogP contribution < -0.4 is 5.32 Å². The number of hydrogen-bond acceptors (Lipinski definition) is 3. The molecule has 0 saturated carbocycles. The van der Waals surface area contributed by atoms with Gasteiger partial charge in [-0.2, -0.15) is 0 Å². The van der Waals surface area contributed by atoms with Crippen molar-refractivity contribution in [2.45, 2.75) is 12.5 Å². The Labute approximate surface area is 120 Å². The number of halogens is 1. The third-order valence-corrected chi connectivity index (χ3v) is 2.89. The summed E-state index contributed by atoms with van der Waals surface area (Å²) in [4.78, 5) is 26.8. The Bertz CT molecular complexity index is 646. The van der Waals surface area contributed by atoms with Crippen LogP contribution in [0.3, 0.4) is 0 Å². The fourth-order valence-corrected chi connectivity index (χ4v) is 1.91. The zero-order valence-electron chi connectivity index (χ0n) is 11.0. The lowest BCUT2D eigenvalue weighted by Gasteiger charge is -2.18. The Morgan fingerprint density at radius 3 is 2.62 bits per heavy atom. The van der Waals surface area contributed by atoms with Crippen LogP contribution in [0.15, 0.2) is 48.8 Å². The fourth-order valence-electron chi connectivity index (χ4n) is 1.91. The molecule has 0 aliphatic heterocycles. The topological polar surface area (TPSA) is 79.3 Å². The highest BCUT2D eigenvalue weighted by molar-refractivity contribution is 5.94. The molecule has 2 aromatic rings. The number of carboxylic acids is 1. The molecule has 2 rings (SSSR count). The quantitative estimate of drug-likeness (QED) is 0.883. The summed E-state index contributed by atoms with van der Waals surface area (Å²) in [7, 11) is 0. The van der Waals surface area contributed by atoms with Gasteiger partial charge in [0.1, 0.15) is 5.82 Å². The van der Waals surface area contributed by atoms with Gasteiger partial charge in [0, 0.05) is 18.0 Å². The Morgan fingerprint density at radius 1 is 1.24 bits per heavy atom. The Morgan fingerprint density at radius 2 is 2.00 bits per heavy atom. The number of carboxylic acid groups (broad SMARTS) is 1. The van der Waals surface area contributed by atoms with Gasteiger partial charge < -0.3 is 10.4 Å². The van der Waals surface area contributed by atoms with E-state index in [-0.39, 0.29) is 11.1 Å². The van der Waals surface area contributed by atoms with Gasteiger partial charge in [-0.25, -0.2) is 4.39 Å². The number of nitrogens with zero attached hydrogens (tertiary/aromatic N) is 1. The Kier molecular flexibility index (Phi) is 4.61. The third kappa shape index (κ3) is 3.85. The molecule has 1 unspecified atom stereocenters. The van der Waals surface area contributed by atoms with Crippen LogP contribution in [-0.4, -0.2) is 22.0 Å². The minimum absolute atomic E-state index is 0.136. The van der Waals surface area contributed by atoms with Gasteiger partial charge in [0.05, 0.1) is 18.0 Å². The highest BCUT2D eigenvalue weighted by atomic mass is 19.1. The lowest BCUT2D eigenvalue weighted by atomic mass is 10.0. The highest BCUT2D eigenvalue weighted by Gasteiger charge is 2.21. The van der Waals surface area contributed by atoms with E-state index in [1.54, 1.807) is 18.2 Å². The smallest absolute Gasteiger partial charge is 0.305 e. The summed E-state index contributed by atoms with van der Waals surface area (Å²) in [6.45, 7) is 0. The molecule has 1 aromatic carbocycles. The maximum absolute atomic E-state index is 13.8. The van der Waals surface area contributed by atoms with Gasteiger partial charge >= 0.3 is 5.97 Å². The van der Waals surface area contributed by atoms with E-state index in [1.165, 1.54) is 30.6 Å². The number of rotatable bonds is 5. The third-order valence-electron chi connectivity index (χ3n) is 2.89. The van der Waals surface area contributed by atoms with Crippen LogP contribution in [-0.2, 0) is 4.79 Å². The van der Waals surface area contributed by atoms with Gasteiger partial charge in [-0.15, -0.1) is 0 Å². The lowest BCUT2D eigenvalue weighted by molar-refractivity contribution is -0.137. The standard InChI is InChI=1S/C15H13FN2O3/c16-12-6-2-1-5-11(12)13(8-14(19)20)18-15(21)10-4-3-7-17-9-10/h1-7,9,13H,8H2,(H,18,21)(H,19,20). The monoisotopic (exact) mass is 288 g/mol. The number of benzene rings is 1. The first-order chi connectivity index (χ1) is 10.1. The molecular weight excluding hydrogens is 275 g/mol. The first-order valence-corrected chi connectivity index (χ1v) is 6.25. The van der Waals surface area contributed by atoms with Crippen LogP contribution in [0.4, 0.5) is 4.39 Å². The normalized spacial score (nSPS) is 11.7. The predicted molar refractivity (Wildman–Crippen MR) is 73.1 cm³/mol. The maximum Gasteiger partial charge on any atom is 0.305 e. The van der Waals surface area contributed by atoms with Gasteiger partial charge in [-0.1, -0.05) is 18.2 Å². The summed E-state index contributed by atoms with van der Waals surface area (Å²) in [6, 6.07) is 7.94. The van der Waals surface area contributed by atoms with Gasteiger partial charge in [0.15, 0.2) is 0 Å². The molecule has 1 heterocycles. The molecule has 1 amide bonds. The molecule has 0 spiro atoms. The summed E-state index contributed by atoms with van der Waals surface area (Å²) in [5.41, 5.74) is 0.418. The number of hydrogen-bond donors (Lipinski definition) is 2. The van der Waals surface area contributed by atoms with Gasteiger partial charge in [0.2, 0.25) is 0 Å². The van der Waals surface area contributed by atoms with Gasteiger partial charge in [-0.05, 0) is 18.2 Å². The van der Waals surface area contributed by atoms with Crippen molar-refractivity contribution < 1.29 is 19.1 Å². The molecule has 0 saturated heterocycles. The van der Waals surface area contributed by atoms with E-state index in [1.807, 2.05) is 0 Å². The second kappa shape index (κ2) is 6.60. The minimum Gasteiger partial charge on any atom is -0.481 e. The second-order valence-electron chi connectivity index (χ2n) is 4.39. The summed E-state index contributed by atoms with van der Waals surface area (Å²) in [5, 5.41) is 11.5. The van der Waals surface area contributed by atoms with Crippen molar-refractivity contribution in [2.75, 3.05) is 0 Å². The second-order valence-corrected chi connectivity index (χ2v) is 4.39. The SMILES string of the molecule is O=C(O)CC(NC(=O)c1cccnc1)c1ccccc1F. The zero-order valence-corrected chi connectivity index (χ0v) is 11.0. The first-order valence-electron chi connectivity index (χ1n) is 6.25. The number of aromatic nitrogens is 1. The molecule has 0 aliphatic carbocycles. The van der Waals surface area contributed by atoms with E-state index < -0.39 is 30.2 Å². The van der Waals surface area contributed by atoms with E-state index in [0.29, 0.717) is 0 Å². The van der Waals surface area contributed by atoms with E-state index in [4.69, 9.17) is 5.11 Å². The zero-order chi connectivity index (χ0) is 15.2. The molecule has 0 fully saturated rings. The summed E-state index contributed by atoms with van der Waals surface area (Å²) >= 11 is 0. The number of amides is 1. The minimum atomic E-state index is -1.13. The Balaban J connectivity index is 2.23. The van der Waals surface area contributed by atoms with Crippen molar-refractivity contribution in [3.63, 3.8) is 0 Å². The first kappa shape index (κ1) is 14.6. The number of carbonyl (C=O) groups is 2. The highest BCUT2D eigenvalue weighted by Crippen LogP contribution is 2.20. The molecule has 5 nitrogen and oxygen atoms in total. The molecule has 0 aliphatic rings. The van der Waals surface area contributed by atoms with Crippen LogP contribution in [0.25, 0.3) is 0 Å². The molecule has 0 radical (unpaired) electrons. The Hall–Kier alpha value is -2.76. The molecule has 21 heavy (non-hydrogen) atoms. The van der Waals surface area contributed by atoms with E-state index in [9.17, 15) is 14.0 Å². The largest absolute Gasteiger partial charge is 0.481 e. The average Bonchev–Trinajstić information content (AvgIpc) is 2.47. The van der Waals surface area contributed by atoms with Crippen molar-refractivity contribution in [1.82, 2.24) is 10.3 Å². The number of nitrogens with one attached hydrogen (secondary N) is 1. The molecule has 108 valence electrons. The summed E-state index contributed by atoms with van der Waals surface area (Å²) in [6.07, 6.45) is 2.46. The molecule has 0 bridgehead atoms. The number of pyridine rings is 1. The van der Waals surface area contributed by atoms with Gasteiger partial charge in [-0.3, -0.25) is 14.6 Å². The predicted octanol–water partition coefficient (Wildman–Crippen LogP) is 2.17. The van der Waals surface area contributed by atoms with Crippen molar-refractivity contribution in [1.29, 1.82) is 0 Å². The van der Waals surface area contributed by atoms with E-state index in [2.05, 4.69) is 10.3 Å². The average molecular weight is 288 g/mol. The number of aliphatic carboxylic acids is 1.